The normalized spacial score (nSPS) is 31.5. The molecule has 1 saturated carbocycles. The maximum atomic E-state index is 10.5. The quantitative estimate of drug-likeness (QED) is 0.737. The van der Waals surface area contributed by atoms with E-state index in [1.165, 1.54) is 5.56 Å². The van der Waals surface area contributed by atoms with Crippen molar-refractivity contribution in [3.63, 3.8) is 0 Å². The van der Waals surface area contributed by atoms with Gasteiger partial charge in [-0.05, 0) is 38.2 Å². The van der Waals surface area contributed by atoms with E-state index < -0.39 is 5.60 Å². The van der Waals surface area contributed by atoms with Crippen LogP contribution in [0.25, 0.3) is 0 Å². The second-order valence-corrected chi connectivity index (χ2v) is 4.74. The Kier molecular flexibility index (Phi) is 2.81. The van der Waals surface area contributed by atoms with Crippen LogP contribution in [0.2, 0.25) is 0 Å². The van der Waals surface area contributed by atoms with Crippen LogP contribution in [-0.4, -0.2) is 11.1 Å². The van der Waals surface area contributed by atoms with Gasteiger partial charge in [0.25, 0.3) is 0 Å². The molecule has 0 aliphatic heterocycles. The van der Waals surface area contributed by atoms with Gasteiger partial charge in [-0.1, -0.05) is 29.8 Å². The Hall–Kier alpha value is -0.860. The standard InChI is InChI=1S/C13H19NO/c1-10-3-2-4-11(9-10)13(15)7-5-12(14)6-8-13/h2-4,9,12,15H,5-8,14H2,1H3. The second-order valence-electron chi connectivity index (χ2n) is 4.74. The highest BCUT2D eigenvalue weighted by molar-refractivity contribution is 5.28. The van der Waals surface area contributed by atoms with Crippen molar-refractivity contribution in [2.75, 3.05) is 0 Å². The molecule has 2 rings (SSSR count). The van der Waals surface area contributed by atoms with Crippen LogP contribution < -0.4 is 5.73 Å². The molecule has 0 spiro atoms. The minimum absolute atomic E-state index is 0.273. The largest absolute Gasteiger partial charge is 0.385 e. The maximum Gasteiger partial charge on any atom is 0.0897 e. The summed E-state index contributed by atoms with van der Waals surface area (Å²) in [5.74, 6) is 0. The average Bonchev–Trinajstić information content (AvgIpc) is 2.23. The Morgan fingerprint density at radius 3 is 2.60 bits per heavy atom. The van der Waals surface area contributed by atoms with Crippen molar-refractivity contribution in [3.05, 3.63) is 35.4 Å². The summed E-state index contributed by atoms with van der Waals surface area (Å²) in [6.45, 7) is 2.06. The van der Waals surface area contributed by atoms with Crippen molar-refractivity contribution < 1.29 is 5.11 Å². The SMILES string of the molecule is Cc1cccc(C2(O)CCC(N)CC2)c1. The molecular weight excluding hydrogens is 186 g/mol. The summed E-state index contributed by atoms with van der Waals surface area (Å²) in [6.07, 6.45) is 3.42. The Labute approximate surface area is 91.1 Å². The molecule has 0 saturated heterocycles. The lowest BCUT2D eigenvalue weighted by Gasteiger charge is -2.35. The summed E-state index contributed by atoms with van der Waals surface area (Å²) in [5, 5.41) is 10.5. The smallest absolute Gasteiger partial charge is 0.0897 e. The topological polar surface area (TPSA) is 46.2 Å². The van der Waals surface area contributed by atoms with Crippen LogP contribution in [0.5, 0.6) is 0 Å². The van der Waals surface area contributed by atoms with Crippen molar-refractivity contribution in [3.8, 4) is 0 Å². The summed E-state index contributed by atoms with van der Waals surface area (Å²) in [5.41, 5.74) is 7.47. The molecule has 1 aliphatic rings. The lowest BCUT2D eigenvalue weighted by atomic mass is 9.78. The van der Waals surface area contributed by atoms with E-state index in [-0.39, 0.29) is 6.04 Å². The molecule has 2 nitrogen and oxygen atoms in total. The minimum Gasteiger partial charge on any atom is -0.385 e. The van der Waals surface area contributed by atoms with E-state index >= 15 is 0 Å². The predicted octanol–water partition coefficient (Wildman–Crippen LogP) is 2.08. The number of aryl methyl sites for hydroxylation is 1. The molecule has 0 unspecified atom stereocenters. The molecule has 82 valence electrons. The van der Waals surface area contributed by atoms with E-state index in [1.807, 2.05) is 12.1 Å². The third kappa shape index (κ3) is 2.21. The van der Waals surface area contributed by atoms with Crippen LogP contribution >= 0.6 is 0 Å². The van der Waals surface area contributed by atoms with Gasteiger partial charge in [0.15, 0.2) is 0 Å². The molecule has 0 atom stereocenters. The Morgan fingerprint density at radius 1 is 1.33 bits per heavy atom. The van der Waals surface area contributed by atoms with Crippen LogP contribution in [0.3, 0.4) is 0 Å². The highest BCUT2D eigenvalue weighted by Gasteiger charge is 2.33. The first kappa shape index (κ1) is 10.7. The van der Waals surface area contributed by atoms with Crippen LogP contribution in [-0.2, 0) is 5.60 Å². The molecule has 1 aliphatic carbocycles. The highest BCUT2D eigenvalue weighted by Crippen LogP contribution is 2.36. The van der Waals surface area contributed by atoms with Crippen molar-refractivity contribution in [2.24, 2.45) is 5.73 Å². The zero-order valence-corrected chi connectivity index (χ0v) is 9.24. The fourth-order valence-electron chi connectivity index (χ4n) is 2.34. The van der Waals surface area contributed by atoms with Crippen LogP contribution in [0, 0.1) is 6.92 Å². The summed E-state index contributed by atoms with van der Waals surface area (Å²) in [4.78, 5) is 0. The number of hydrogen-bond acceptors (Lipinski definition) is 2. The van der Waals surface area contributed by atoms with E-state index in [2.05, 4.69) is 19.1 Å². The molecule has 0 radical (unpaired) electrons. The first-order valence-electron chi connectivity index (χ1n) is 5.65. The molecule has 2 heteroatoms. The molecule has 1 fully saturated rings. The molecule has 1 aromatic rings. The molecular formula is C13H19NO. The van der Waals surface area contributed by atoms with Crippen LogP contribution in [0.15, 0.2) is 24.3 Å². The highest BCUT2D eigenvalue weighted by atomic mass is 16.3. The van der Waals surface area contributed by atoms with Crippen LogP contribution in [0.4, 0.5) is 0 Å². The maximum absolute atomic E-state index is 10.5. The van der Waals surface area contributed by atoms with Gasteiger partial charge in [0.2, 0.25) is 0 Å². The first-order valence-corrected chi connectivity index (χ1v) is 5.65. The summed E-state index contributed by atoms with van der Waals surface area (Å²) >= 11 is 0. The molecule has 0 bridgehead atoms. The van der Waals surface area contributed by atoms with E-state index in [9.17, 15) is 5.11 Å². The summed E-state index contributed by atoms with van der Waals surface area (Å²) < 4.78 is 0. The third-order valence-electron chi connectivity index (χ3n) is 3.41. The van der Waals surface area contributed by atoms with Gasteiger partial charge in [-0.15, -0.1) is 0 Å². The monoisotopic (exact) mass is 205 g/mol. The molecule has 15 heavy (non-hydrogen) atoms. The molecule has 0 aromatic heterocycles. The zero-order valence-electron chi connectivity index (χ0n) is 9.24. The van der Waals surface area contributed by atoms with E-state index in [0.717, 1.165) is 31.2 Å². The minimum atomic E-state index is -0.637. The number of rotatable bonds is 1. The lowest BCUT2D eigenvalue weighted by Crippen LogP contribution is -2.36. The van der Waals surface area contributed by atoms with Gasteiger partial charge in [0.1, 0.15) is 0 Å². The molecule has 1 aromatic carbocycles. The van der Waals surface area contributed by atoms with Crippen molar-refractivity contribution in [2.45, 2.75) is 44.2 Å². The van der Waals surface area contributed by atoms with E-state index in [1.54, 1.807) is 0 Å². The fraction of sp³-hybridized carbons (Fsp3) is 0.538. The number of nitrogens with two attached hydrogens (primary N) is 1. The average molecular weight is 205 g/mol. The van der Waals surface area contributed by atoms with Crippen molar-refractivity contribution >= 4 is 0 Å². The number of hydrogen-bond donors (Lipinski definition) is 2. The van der Waals surface area contributed by atoms with E-state index in [0.29, 0.717) is 0 Å². The number of aliphatic hydroxyl groups is 1. The first-order chi connectivity index (χ1) is 7.10. The molecule has 0 amide bonds. The number of benzene rings is 1. The molecule has 0 heterocycles. The van der Waals surface area contributed by atoms with Gasteiger partial charge in [-0.3, -0.25) is 0 Å². The third-order valence-corrected chi connectivity index (χ3v) is 3.41. The zero-order chi connectivity index (χ0) is 10.9. The lowest BCUT2D eigenvalue weighted by molar-refractivity contribution is -0.00500. The predicted molar refractivity (Wildman–Crippen MR) is 61.5 cm³/mol. The van der Waals surface area contributed by atoms with Crippen molar-refractivity contribution in [1.82, 2.24) is 0 Å². The fourth-order valence-corrected chi connectivity index (χ4v) is 2.34. The molecule has 3 N–H and O–H groups in total. The van der Waals surface area contributed by atoms with Gasteiger partial charge in [-0.25, -0.2) is 0 Å². The second kappa shape index (κ2) is 3.95. The van der Waals surface area contributed by atoms with Gasteiger partial charge < -0.3 is 10.8 Å². The summed E-state index contributed by atoms with van der Waals surface area (Å²) in [6, 6.07) is 8.44. The Bertz CT molecular complexity index is 340. The van der Waals surface area contributed by atoms with E-state index in [4.69, 9.17) is 5.73 Å². The Morgan fingerprint density at radius 2 is 2.00 bits per heavy atom. The van der Waals surface area contributed by atoms with Gasteiger partial charge in [0.05, 0.1) is 5.60 Å². The van der Waals surface area contributed by atoms with Crippen LogP contribution in [0.1, 0.15) is 36.8 Å². The van der Waals surface area contributed by atoms with Crippen molar-refractivity contribution in [1.29, 1.82) is 0 Å². The van der Waals surface area contributed by atoms with Gasteiger partial charge >= 0.3 is 0 Å². The Balaban J connectivity index is 2.22. The van der Waals surface area contributed by atoms with Gasteiger partial charge in [0, 0.05) is 6.04 Å². The van der Waals surface area contributed by atoms with Gasteiger partial charge in [-0.2, -0.15) is 0 Å². The summed E-state index contributed by atoms with van der Waals surface area (Å²) in [7, 11) is 0.